The number of nitrogens with zero attached hydrogens (tertiary/aromatic N) is 2. The van der Waals surface area contributed by atoms with Gasteiger partial charge in [0.2, 0.25) is 11.8 Å². The van der Waals surface area contributed by atoms with Gasteiger partial charge in [0.1, 0.15) is 5.00 Å². The SMILES string of the molecule is CC(=O)Nc1sc(C)c(C)c1C(=O)OCC(=O)Nc1nnc(-c2ccccc2)o1. The molecule has 150 valence electrons. The minimum atomic E-state index is -0.707. The van der Waals surface area contributed by atoms with Gasteiger partial charge in [-0.15, -0.1) is 16.4 Å². The summed E-state index contributed by atoms with van der Waals surface area (Å²) in [6.07, 6.45) is 0. The lowest BCUT2D eigenvalue weighted by atomic mass is 10.1. The maximum Gasteiger partial charge on any atom is 0.341 e. The first kappa shape index (κ1) is 20.2. The maximum absolute atomic E-state index is 12.4. The molecule has 9 nitrogen and oxygen atoms in total. The highest BCUT2D eigenvalue weighted by molar-refractivity contribution is 7.16. The van der Waals surface area contributed by atoms with Gasteiger partial charge in [0.15, 0.2) is 6.61 Å². The first-order valence-electron chi connectivity index (χ1n) is 8.58. The fourth-order valence-corrected chi connectivity index (χ4v) is 3.55. The zero-order valence-electron chi connectivity index (χ0n) is 15.9. The highest BCUT2D eigenvalue weighted by Gasteiger charge is 2.22. The summed E-state index contributed by atoms with van der Waals surface area (Å²) in [7, 11) is 0. The number of benzene rings is 1. The van der Waals surface area contributed by atoms with E-state index in [1.165, 1.54) is 18.3 Å². The lowest BCUT2D eigenvalue weighted by molar-refractivity contribution is -0.119. The standard InChI is InChI=1S/C19H18N4O5S/c1-10-11(2)29-17(20-12(3)24)15(10)18(26)27-9-14(25)21-19-23-22-16(28-19)13-7-5-4-6-8-13/h4-8H,9H2,1-3H3,(H,20,24)(H,21,23,25). The summed E-state index contributed by atoms with van der Waals surface area (Å²) in [5.74, 6) is -1.39. The monoisotopic (exact) mass is 414 g/mol. The van der Waals surface area contributed by atoms with Crippen molar-refractivity contribution in [2.45, 2.75) is 20.8 Å². The first-order chi connectivity index (χ1) is 13.8. The Morgan fingerprint density at radius 1 is 1.10 bits per heavy atom. The second-order valence-corrected chi connectivity index (χ2v) is 7.30. The van der Waals surface area contributed by atoms with E-state index in [1.807, 2.05) is 25.1 Å². The molecule has 0 aliphatic rings. The van der Waals surface area contributed by atoms with E-state index in [2.05, 4.69) is 20.8 Å². The molecule has 3 rings (SSSR count). The number of aryl methyl sites for hydroxylation is 1. The molecule has 2 N–H and O–H groups in total. The lowest BCUT2D eigenvalue weighted by Crippen LogP contribution is -2.21. The number of carbonyl (C=O) groups is 3. The molecule has 0 fully saturated rings. The second-order valence-electron chi connectivity index (χ2n) is 6.07. The third-order valence-corrected chi connectivity index (χ3v) is 5.03. The van der Waals surface area contributed by atoms with Crippen LogP contribution in [-0.4, -0.2) is 34.6 Å². The van der Waals surface area contributed by atoms with Crippen molar-refractivity contribution in [3.05, 3.63) is 46.3 Å². The Kier molecular flexibility index (Phi) is 6.03. The topological polar surface area (TPSA) is 123 Å². The minimum absolute atomic E-state index is 0.105. The van der Waals surface area contributed by atoms with E-state index >= 15 is 0 Å². The normalized spacial score (nSPS) is 10.4. The zero-order valence-corrected chi connectivity index (χ0v) is 16.8. The van der Waals surface area contributed by atoms with Crippen molar-refractivity contribution in [1.29, 1.82) is 0 Å². The van der Waals surface area contributed by atoms with E-state index in [4.69, 9.17) is 9.15 Å². The quantitative estimate of drug-likeness (QED) is 0.594. The summed E-state index contributed by atoms with van der Waals surface area (Å²) in [6.45, 7) is 4.38. The van der Waals surface area contributed by atoms with Crippen LogP contribution in [0.2, 0.25) is 0 Å². The molecular formula is C19H18N4O5S. The number of esters is 1. The molecule has 0 saturated carbocycles. The van der Waals surface area contributed by atoms with Crippen LogP contribution in [0.15, 0.2) is 34.7 Å². The summed E-state index contributed by atoms with van der Waals surface area (Å²) in [4.78, 5) is 36.7. The Morgan fingerprint density at radius 2 is 1.83 bits per heavy atom. The number of thiophene rings is 1. The summed E-state index contributed by atoms with van der Waals surface area (Å²) >= 11 is 1.27. The molecule has 0 saturated heterocycles. The minimum Gasteiger partial charge on any atom is -0.452 e. The van der Waals surface area contributed by atoms with E-state index < -0.39 is 18.5 Å². The molecule has 2 heterocycles. The molecule has 0 radical (unpaired) electrons. The van der Waals surface area contributed by atoms with Crippen molar-refractivity contribution >= 4 is 40.1 Å². The molecule has 2 aromatic heterocycles. The van der Waals surface area contributed by atoms with Crippen LogP contribution in [-0.2, 0) is 14.3 Å². The van der Waals surface area contributed by atoms with Gasteiger partial charge in [-0.3, -0.25) is 14.9 Å². The Morgan fingerprint density at radius 3 is 2.52 bits per heavy atom. The van der Waals surface area contributed by atoms with Crippen molar-refractivity contribution in [2.75, 3.05) is 17.2 Å². The van der Waals surface area contributed by atoms with Gasteiger partial charge in [-0.1, -0.05) is 23.3 Å². The van der Waals surface area contributed by atoms with Crippen LogP contribution in [0.4, 0.5) is 11.0 Å². The predicted octanol–water partition coefficient (Wildman–Crippen LogP) is 3.17. The van der Waals surface area contributed by atoms with Gasteiger partial charge in [-0.05, 0) is 31.5 Å². The fraction of sp³-hybridized carbons (Fsp3) is 0.211. The number of amides is 2. The smallest absolute Gasteiger partial charge is 0.341 e. The van der Waals surface area contributed by atoms with Gasteiger partial charge in [-0.25, -0.2) is 4.79 Å². The predicted molar refractivity (Wildman–Crippen MR) is 107 cm³/mol. The molecule has 2 amide bonds. The molecule has 0 atom stereocenters. The van der Waals surface area contributed by atoms with Gasteiger partial charge < -0.3 is 14.5 Å². The van der Waals surface area contributed by atoms with Crippen molar-refractivity contribution < 1.29 is 23.5 Å². The Labute approximate surface area is 170 Å². The van der Waals surface area contributed by atoms with Crippen molar-refractivity contribution in [2.24, 2.45) is 0 Å². The van der Waals surface area contributed by atoms with Gasteiger partial charge >= 0.3 is 12.0 Å². The third kappa shape index (κ3) is 4.85. The number of aromatic nitrogens is 2. The molecule has 0 unspecified atom stereocenters. The van der Waals surface area contributed by atoms with Crippen LogP contribution in [0, 0.1) is 13.8 Å². The molecule has 10 heteroatoms. The fourth-order valence-electron chi connectivity index (χ4n) is 2.45. The number of ether oxygens (including phenoxy) is 1. The highest BCUT2D eigenvalue weighted by atomic mass is 32.1. The van der Waals surface area contributed by atoms with E-state index in [0.29, 0.717) is 16.1 Å². The summed E-state index contributed by atoms with van der Waals surface area (Å²) in [6, 6.07) is 8.97. The second kappa shape index (κ2) is 8.65. The molecule has 1 aromatic carbocycles. The van der Waals surface area contributed by atoms with Crippen molar-refractivity contribution in [3.63, 3.8) is 0 Å². The molecule has 0 aliphatic carbocycles. The van der Waals surface area contributed by atoms with Gasteiger partial charge in [0.25, 0.3) is 5.91 Å². The molecule has 0 spiro atoms. The van der Waals surface area contributed by atoms with E-state index in [9.17, 15) is 14.4 Å². The molecular weight excluding hydrogens is 396 g/mol. The molecule has 0 bridgehead atoms. The first-order valence-corrected chi connectivity index (χ1v) is 9.40. The van der Waals surface area contributed by atoms with E-state index in [-0.39, 0.29) is 23.4 Å². The van der Waals surface area contributed by atoms with Crippen LogP contribution in [0.1, 0.15) is 27.7 Å². The summed E-state index contributed by atoms with van der Waals surface area (Å²) in [5.41, 5.74) is 1.63. The van der Waals surface area contributed by atoms with Gasteiger partial charge in [0.05, 0.1) is 5.56 Å². The Hall–Kier alpha value is -3.53. The summed E-state index contributed by atoms with van der Waals surface area (Å²) in [5, 5.41) is 13.0. The Bertz CT molecular complexity index is 1060. The van der Waals surface area contributed by atoms with Crippen LogP contribution in [0.25, 0.3) is 11.5 Å². The number of anilines is 2. The van der Waals surface area contributed by atoms with E-state index in [0.717, 1.165) is 4.88 Å². The van der Waals surface area contributed by atoms with Gasteiger partial charge in [-0.2, -0.15) is 0 Å². The number of hydrogen-bond donors (Lipinski definition) is 2. The van der Waals surface area contributed by atoms with Crippen LogP contribution >= 0.6 is 11.3 Å². The lowest BCUT2D eigenvalue weighted by Gasteiger charge is -2.07. The number of hydrogen-bond acceptors (Lipinski definition) is 8. The zero-order chi connectivity index (χ0) is 21.0. The van der Waals surface area contributed by atoms with Crippen LogP contribution < -0.4 is 10.6 Å². The number of rotatable bonds is 6. The van der Waals surface area contributed by atoms with E-state index in [1.54, 1.807) is 19.1 Å². The largest absolute Gasteiger partial charge is 0.452 e. The molecule has 3 aromatic rings. The molecule has 0 aliphatic heterocycles. The highest BCUT2D eigenvalue weighted by Crippen LogP contribution is 2.33. The van der Waals surface area contributed by atoms with Crippen LogP contribution in [0.3, 0.4) is 0 Å². The van der Waals surface area contributed by atoms with Crippen LogP contribution in [0.5, 0.6) is 0 Å². The number of nitrogens with one attached hydrogen (secondary N) is 2. The average Bonchev–Trinajstić information content (AvgIpc) is 3.25. The van der Waals surface area contributed by atoms with Crippen molar-refractivity contribution in [3.8, 4) is 11.5 Å². The average molecular weight is 414 g/mol. The number of carbonyl (C=O) groups excluding carboxylic acids is 3. The van der Waals surface area contributed by atoms with Crippen molar-refractivity contribution in [1.82, 2.24) is 10.2 Å². The van der Waals surface area contributed by atoms with Gasteiger partial charge in [0, 0.05) is 17.4 Å². The summed E-state index contributed by atoms with van der Waals surface area (Å²) < 4.78 is 10.5. The molecule has 29 heavy (non-hydrogen) atoms. The third-order valence-electron chi connectivity index (χ3n) is 3.91. The maximum atomic E-state index is 12.4. The Balaban J connectivity index is 1.61.